The maximum atomic E-state index is 11.5. The van der Waals surface area contributed by atoms with E-state index < -0.39 is 0 Å². The minimum atomic E-state index is -0.110. The summed E-state index contributed by atoms with van der Waals surface area (Å²) in [4.78, 5) is 13.4. The lowest BCUT2D eigenvalue weighted by atomic mass is 10.0. The summed E-state index contributed by atoms with van der Waals surface area (Å²) >= 11 is 0. The zero-order valence-corrected chi connectivity index (χ0v) is 12.0. The van der Waals surface area contributed by atoms with E-state index in [1.807, 2.05) is 19.0 Å². The van der Waals surface area contributed by atoms with Gasteiger partial charge in [0.1, 0.15) is 6.04 Å². The molecule has 0 bridgehead atoms. The summed E-state index contributed by atoms with van der Waals surface area (Å²) in [6.07, 6.45) is 9.88. The first-order chi connectivity index (χ1) is 8.13. The van der Waals surface area contributed by atoms with E-state index in [0.717, 1.165) is 12.8 Å². The van der Waals surface area contributed by atoms with Gasteiger partial charge in [-0.1, -0.05) is 51.9 Å². The summed E-state index contributed by atoms with van der Waals surface area (Å²) in [6, 6.07) is -0.0735. The molecule has 3 heteroatoms. The molecule has 0 aromatic rings. The Balaban J connectivity index is 3.58. The third-order valence-electron chi connectivity index (χ3n) is 3.18. The number of esters is 1. The summed E-state index contributed by atoms with van der Waals surface area (Å²) in [5.41, 5.74) is 0. The van der Waals surface area contributed by atoms with Crippen LogP contribution in [0.3, 0.4) is 0 Å². The molecule has 0 aliphatic rings. The number of hydrogen-bond donors (Lipinski definition) is 0. The number of likely N-dealkylation sites (N-methyl/N-ethyl adjacent to an activating group) is 1. The van der Waals surface area contributed by atoms with Crippen molar-refractivity contribution in [3.05, 3.63) is 0 Å². The maximum Gasteiger partial charge on any atom is 0.323 e. The zero-order valence-electron chi connectivity index (χ0n) is 12.0. The van der Waals surface area contributed by atoms with Crippen LogP contribution in [0.25, 0.3) is 0 Å². The Hall–Kier alpha value is -0.570. The van der Waals surface area contributed by atoms with Crippen LogP contribution in [-0.4, -0.2) is 38.1 Å². The van der Waals surface area contributed by atoms with Gasteiger partial charge in [0.25, 0.3) is 0 Å². The molecule has 17 heavy (non-hydrogen) atoms. The second-order valence-corrected chi connectivity index (χ2v) is 4.91. The monoisotopic (exact) mass is 243 g/mol. The second-order valence-electron chi connectivity index (χ2n) is 4.91. The number of rotatable bonds is 10. The van der Waals surface area contributed by atoms with Crippen LogP contribution in [0.15, 0.2) is 0 Å². The fourth-order valence-corrected chi connectivity index (χ4v) is 2.02. The lowest BCUT2D eigenvalue weighted by Gasteiger charge is -2.21. The Kier molecular flexibility index (Phi) is 10.2. The highest BCUT2D eigenvalue weighted by molar-refractivity contribution is 5.75. The predicted molar refractivity (Wildman–Crippen MR) is 72.1 cm³/mol. The molecule has 1 atom stereocenters. The van der Waals surface area contributed by atoms with Gasteiger partial charge < -0.3 is 4.74 Å². The quantitative estimate of drug-likeness (QED) is 0.436. The Bertz CT molecular complexity index is 193. The fourth-order valence-electron chi connectivity index (χ4n) is 2.02. The first kappa shape index (κ1) is 16.4. The lowest BCUT2D eigenvalue weighted by Crippen LogP contribution is -2.36. The molecule has 0 amide bonds. The molecule has 0 aromatic heterocycles. The minimum absolute atomic E-state index is 0.0735. The highest BCUT2D eigenvalue weighted by Gasteiger charge is 2.20. The second kappa shape index (κ2) is 10.6. The smallest absolute Gasteiger partial charge is 0.323 e. The number of methoxy groups -OCH3 is 1. The van der Waals surface area contributed by atoms with Crippen molar-refractivity contribution in [2.75, 3.05) is 21.2 Å². The van der Waals surface area contributed by atoms with Crippen molar-refractivity contribution in [1.29, 1.82) is 0 Å². The largest absolute Gasteiger partial charge is 0.468 e. The molecule has 0 aliphatic carbocycles. The van der Waals surface area contributed by atoms with Crippen molar-refractivity contribution < 1.29 is 9.53 Å². The van der Waals surface area contributed by atoms with E-state index >= 15 is 0 Å². The summed E-state index contributed by atoms with van der Waals surface area (Å²) in [5.74, 6) is -0.110. The molecule has 0 fully saturated rings. The number of ether oxygens (including phenoxy) is 1. The van der Waals surface area contributed by atoms with Gasteiger partial charge in [0, 0.05) is 0 Å². The van der Waals surface area contributed by atoms with Crippen LogP contribution in [-0.2, 0) is 9.53 Å². The number of carbonyl (C=O) groups excluding carboxylic acids is 1. The average molecular weight is 243 g/mol. The van der Waals surface area contributed by atoms with E-state index in [1.54, 1.807) is 0 Å². The third kappa shape index (κ3) is 8.19. The summed E-state index contributed by atoms with van der Waals surface area (Å²) in [7, 11) is 5.33. The SMILES string of the molecule is CCCCCCCCCC(C(=O)OC)N(C)C. The molecule has 0 N–H and O–H groups in total. The number of nitrogens with zero attached hydrogens (tertiary/aromatic N) is 1. The van der Waals surface area contributed by atoms with Crippen molar-refractivity contribution in [1.82, 2.24) is 4.90 Å². The van der Waals surface area contributed by atoms with Gasteiger partial charge in [-0.25, -0.2) is 0 Å². The highest BCUT2D eigenvalue weighted by atomic mass is 16.5. The first-order valence-corrected chi connectivity index (χ1v) is 6.87. The molecule has 1 unspecified atom stereocenters. The number of hydrogen-bond acceptors (Lipinski definition) is 3. The van der Waals surface area contributed by atoms with Crippen LogP contribution in [0.1, 0.15) is 58.3 Å². The van der Waals surface area contributed by atoms with E-state index in [4.69, 9.17) is 4.74 Å². The van der Waals surface area contributed by atoms with Crippen molar-refractivity contribution in [3.8, 4) is 0 Å². The summed E-state index contributed by atoms with van der Waals surface area (Å²) in [5, 5.41) is 0. The fraction of sp³-hybridized carbons (Fsp3) is 0.929. The molecule has 0 radical (unpaired) electrons. The van der Waals surface area contributed by atoms with Crippen molar-refractivity contribution in [2.24, 2.45) is 0 Å². The molecule has 0 saturated heterocycles. The number of unbranched alkanes of at least 4 members (excludes halogenated alkanes) is 6. The number of carbonyl (C=O) groups is 1. The van der Waals surface area contributed by atoms with E-state index in [0.29, 0.717) is 0 Å². The molecule has 0 spiro atoms. The predicted octanol–water partition coefficient (Wildman–Crippen LogP) is 3.23. The third-order valence-corrected chi connectivity index (χ3v) is 3.18. The Morgan fingerprint density at radius 2 is 1.59 bits per heavy atom. The molecule has 0 heterocycles. The molecule has 0 rings (SSSR count). The summed E-state index contributed by atoms with van der Waals surface area (Å²) < 4.78 is 4.80. The normalized spacial score (nSPS) is 12.8. The van der Waals surface area contributed by atoms with E-state index in [-0.39, 0.29) is 12.0 Å². The van der Waals surface area contributed by atoms with Gasteiger partial charge >= 0.3 is 5.97 Å². The Morgan fingerprint density at radius 1 is 1.06 bits per heavy atom. The van der Waals surface area contributed by atoms with Crippen LogP contribution < -0.4 is 0 Å². The van der Waals surface area contributed by atoms with Gasteiger partial charge in [0.05, 0.1) is 7.11 Å². The van der Waals surface area contributed by atoms with E-state index in [9.17, 15) is 4.79 Å². The van der Waals surface area contributed by atoms with Gasteiger partial charge in [-0.15, -0.1) is 0 Å². The molecule has 0 aromatic carbocycles. The zero-order chi connectivity index (χ0) is 13.1. The van der Waals surface area contributed by atoms with Crippen LogP contribution in [0.2, 0.25) is 0 Å². The van der Waals surface area contributed by atoms with Crippen LogP contribution >= 0.6 is 0 Å². The van der Waals surface area contributed by atoms with E-state index in [2.05, 4.69) is 6.92 Å². The van der Waals surface area contributed by atoms with E-state index in [1.165, 1.54) is 45.6 Å². The topological polar surface area (TPSA) is 29.5 Å². The molecule has 0 saturated carbocycles. The summed E-state index contributed by atoms with van der Waals surface area (Å²) in [6.45, 7) is 2.23. The molecule has 3 nitrogen and oxygen atoms in total. The van der Waals surface area contributed by atoms with Gasteiger partial charge in [0.2, 0.25) is 0 Å². The van der Waals surface area contributed by atoms with Crippen LogP contribution in [0, 0.1) is 0 Å². The molecular weight excluding hydrogens is 214 g/mol. The van der Waals surface area contributed by atoms with Crippen molar-refractivity contribution in [3.63, 3.8) is 0 Å². The molecule has 102 valence electrons. The Morgan fingerprint density at radius 3 is 2.06 bits per heavy atom. The lowest BCUT2D eigenvalue weighted by molar-refractivity contribution is -0.146. The van der Waals surface area contributed by atoms with Gasteiger partial charge in [0.15, 0.2) is 0 Å². The van der Waals surface area contributed by atoms with Crippen molar-refractivity contribution >= 4 is 5.97 Å². The van der Waals surface area contributed by atoms with Gasteiger partial charge in [-0.3, -0.25) is 9.69 Å². The molecular formula is C14H29NO2. The van der Waals surface area contributed by atoms with Crippen LogP contribution in [0.5, 0.6) is 0 Å². The first-order valence-electron chi connectivity index (χ1n) is 6.87. The van der Waals surface area contributed by atoms with Gasteiger partial charge in [-0.05, 0) is 20.5 Å². The van der Waals surface area contributed by atoms with Gasteiger partial charge in [-0.2, -0.15) is 0 Å². The average Bonchev–Trinajstić information content (AvgIpc) is 2.31. The maximum absolute atomic E-state index is 11.5. The van der Waals surface area contributed by atoms with Crippen molar-refractivity contribution in [2.45, 2.75) is 64.3 Å². The molecule has 0 aliphatic heterocycles. The Labute approximate surface area is 107 Å². The standard InChI is InChI=1S/C14H29NO2/c1-5-6-7-8-9-10-11-12-13(15(2)3)14(16)17-4/h13H,5-12H2,1-4H3. The highest BCUT2D eigenvalue weighted by Crippen LogP contribution is 2.12. The minimum Gasteiger partial charge on any atom is -0.468 e. The van der Waals surface area contributed by atoms with Crippen LogP contribution in [0.4, 0.5) is 0 Å².